The molecule has 1 aromatic heterocycles. The number of amides is 1. The van der Waals surface area contributed by atoms with Crippen molar-refractivity contribution in [3.8, 4) is 11.5 Å². The Kier molecular flexibility index (Phi) is 11.3. The maximum atomic E-state index is 14.7. The van der Waals surface area contributed by atoms with Gasteiger partial charge in [0.25, 0.3) is 0 Å². The van der Waals surface area contributed by atoms with Crippen LogP contribution in [0.1, 0.15) is 51.4 Å². The molecule has 15 heteroatoms. The average molecular weight is 761 g/mol. The minimum Gasteiger partial charge on any atom is -0.545 e. The maximum Gasteiger partial charge on any atom is 0.414 e. The number of halogens is 5. The van der Waals surface area contributed by atoms with Gasteiger partial charge >= 0.3 is 12.7 Å². The number of carboxylic acid groups (broad SMARTS) is 1. The molecule has 3 aliphatic rings. The van der Waals surface area contributed by atoms with E-state index in [-0.39, 0.29) is 63.3 Å². The van der Waals surface area contributed by atoms with Crippen LogP contribution < -0.4 is 24.2 Å². The predicted molar refractivity (Wildman–Crippen MR) is 182 cm³/mol. The molecule has 3 aliphatic heterocycles. The number of carboxylic acids is 1. The number of aromatic nitrogens is 1. The first-order chi connectivity index (χ1) is 24.9. The van der Waals surface area contributed by atoms with E-state index in [1.165, 1.54) is 72.9 Å². The fraction of sp³-hybridized carbons (Fsp3) is 0.324. The van der Waals surface area contributed by atoms with Crippen molar-refractivity contribution < 1.29 is 52.0 Å². The molecule has 1 amide bonds. The van der Waals surface area contributed by atoms with Crippen LogP contribution in [0.25, 0.3) is 0 Å². The number of rotatable bonds is 12. The number of alkyl halides is 2. The zero-order valence-corrected chi connectivity index (χ0v) is 29.3. The number of benzene rings is 3. The predicted octanol–water partition coefficient (Wildman–Crippen LogP) is 6.24. The Labute approximate surface area is 307 Å². The summed E-state index contributed by atoms with van der Waals surface area (Å²) in [5.74, 6) is -3.27. The summed E-state index contributed by atoms with van der Waals surface area (Å²) in [6.07, 6.45) is 2.93. The van der Waals surface area contributed by atoms with Crippen LogP contribution in [0.15, 0.2) is 73.1 Å². The molecule has 0 radical (unpaired) electrons. The topological polar surface area (TPSA) is 115 Å². The standard InChI is InChI=1S/C37H34Cl2F3N3O7/c1-50-32-14-22(8-9-31(32)51-36(41)42)27(16-28-29(38)18-44(49)19-30(28)39)34-23(4-2-7-26(34)35(46)47)17-45(25-6-3-5-24(40)15-25)37(48)52-33-20-43-12-10-21(33)11-13-43/h2-9,14-15,18-19,21,27,33,36H,10-13,16-17,20H2,1H3,(H-,46,47,49)/t27-,33-/m0/s1. The number of aromatic carboxylic acids is 1. The number of hydrogen-bond donors (Lipinski definition) is 1. The van der Waals surface area contributed by atoms with Gasteiger partial charge in [-0.15, -0.1) is 0 Å². The summed E-state index contributed by atoms with van der Waals surface area (Å²) in [5, 5.41) is 22.9. The van der Waals surface area contributed by atoms with E-state index in [9.17, 15) is 33.1 Å². The van der Waals surface area contributed by atoms with E-state index in [0.29, 0.717) is 28.0 Å². The molecule has 7 rings (SSSR count). The first kappa shape index (κ1) is 37.1. The summed E-state index contributed by atoms with van der Waals surface area (Å²) in [7, 11) is 1.26. The minimum atomic E-state index is -3.15. The van der Waals surface area contributed by atoms with E-state index in [4.69, 9.17) is 32.7 Å². The number of ether oxygens (including phenoxy) is 3. The summed E-state index contributed by atoms with van der Waals surface area (Å²) in [4.78, 5) is 30.4. The van der Waals surface area contributed by atoms with E-state index < -0.39 is 30.4 Å². The Morgan fingerprint density at radius 3 is 2.37 bits per heavy atom. The summed E-state index contributed by atoms with van der Waals surface area (Å²) in [6.45, 7) is -1.02. The fourth-order valence-electron chi connectivity index (χ4n) is 7.07. The average Bonchev–Trinajstić information content (AvgIpc) is 3.11. The van der Waals surface area contributed by atoms with Gasteiger partial charge < -0.3 is 24.1 Å². The zero-order valence-electron chi connectivity index (χ0n) is 27.8. The molecule has 2 atom stereocenters. The molecule has 4 heterocycles. The molecule has 3 aromatic carbocycles. The molecule has 1 N–H and O–H groups in total. The monoisotopic (exact) mass is 759 g/mol. The second kappa shape index (κ2) is 15.9. The van der Waals surface area contributed by atoms with Crippen LogP contribution in [-0.2, 0) is 17.7 Å². The number of piperidine rings is 3. The normalized spacial score (nSPS) is 18.6. The molecule has 0 spiro atoms. The highest BCUT2D eigenvalue weighted by atomic mass is 35.5. The third-order valence-electron chi connectivity index (χ3n) is 9.56. The van der Waals surface area contributed by atoms with Crippen molar-refractivity contribution >= 4 is 41.0 Å². The van der Waals surface area contributed by atoms with Gasteiger partial charge in [-0.3, -0.25) is 15.0 Å². The summed E-state index contributed by atoms with van der Waals surface area (Å²) in [5.41, 5.74) is 1.08. The molecular weight excluding hydrogens is 726 g/mol. The van der Waals surface area contributed by atoms with Crippen LogP contribution in [0.2, 0.25) is 10.0 Å². The molecule has 52 heavy (non-hydrogen) atoms. The molecule has 0 saturated carbocycles. The lowest BCUT2D eigenvalue weighted by atomic mass is 9.80. The van der Waals surface area contributed by atoms with Crippen LogP contribution in [-0.4, -0.2) is 61.6 Å². The van der Waals surface area contributed by atoms with Gasteiger partial charge in [-0.1, -0.05) is 53.5 Å². The van der Waals surface area contributed by atoms with Crippen molar-refractivity contribution in [2.24, 2.45) is 5.92 Å². The third kappa shape index (κ3) is 8.16. The van der Waals surface area contributed by atoms with Gasteiger partial charge in [0.1, 0.15) is 22.0 Å². The lowest BCUT2D eigenvalue weighted by Gasteiger charge is -2.44. The quantitative estimate of drug-likeness (QED) is 0.133. The van der Waals surface area contributed by atoms with Crippen molar-refractivity contribution in [2.75, 3.05) is 31.6 Å². The Morgan fingerprint density at radius 1 is 1.04 bits per heavy atom. The highest BCUT2D eigenvalue weighted by molar-refractivity contribution is 6.35. The maximum absolute atomic E-state index is 14.7. The first-order valence-electron chi connectivity index (χ1n) is 16.4. The number of methoxy groups -OCH3 is 1. The Bertz CT molecular complexity index is 1940. The summed E-state index contributed by atoms with van der Waals surface area (Å²) in [6, 6.07) is 14.0. The van der Waals surface area contributed by atoms with Gasteiger partial charge in [0.2, 0.25) is 12.4 Å². The number of fused-ring (bicyclic) bond motifs is 3. The molecular formula is C37H34Cl2F3N3O7. The number of pyridine rings is 1. The molecule has 10 nitrogen and oxygen atoms in total. The Morgan fingerprint density at radius 2 is 1.75 bits per heavy atom. The molecule has 0 unspecified atom stereocenters. The smallest absolute Gasteiger partial charge is 0.414 e. The van der Waals surface area contributed by atoms with Crippen LogP contribution in [0.3, 0.4) is 0 Å². The van der Waals surface area contributed by atoms with Crippen LogP contribution in [0, 0.1) is 11.7 Å². The number of carbonyl (C=O) groups excluding carboxylic acids is 2. The molecule has 3 saturated heterocycles. The highest BCUT2D eigenvalue weighted by Gasteiger charge is 2.38. The van der Waals surface area contributed by atoms with Gasteiger partial charge in [0, 0.05) is 28.3 Å². The Balaban J connectivity index is 1.49. The largest absolute Gasteiger partial charge is 0.545 e. The number of nitrogens with zero attached hydrogens (tertiary/aromatic N) is 3. The van der Waals surface area contributed by atoms with Crippen molar-refractivity contribution in [3.63, 3.8) is 0 Å². The zero-order chi connectivity index (χ0) is 37.1. The second-order valence-corrected chi connectivity index (χ2v) is 13.5. The van der Waals surface area contributed by atoms with E-state index in [1.54, 1.807) is 12.1 Å². The van der Waals surface area contributed by atoms with E-state index in [1.807, 2.05) is 0 Å². The van der Waals surface area contributed by atoms with Gasteiger partial charge in [0.05, 0.1) is 25.3 Å². The lowest BCUT2D eigenvalue weighted by Crippen LogP contribution is -2.53. The van der Waals surface area contributed by atoms with E-state index in [0.717, 1.165) is 25.9 Å². The van der Waals surface area contributed by atoms with Gasteiger partial charge in [-0.2, -0.15) is 8.78 Å². The minimum absolute atomic E-state index is 0.0413. The van der Waals surface area contributed by atoms with Crippen LogP contribution in [0.5, 0.6) is 11.5 Å². The molecule has 3 fully saturated rings. The van der Waals surface area contributed by atoms with Crippen molar-refractivity contribution in [3.05, 3.63) is 117 Å². The molecule has 274 valence electrons. The molecule has 4 aromatic rings. The number of carbonyl (C=O) groups is 2. The van der Waals surface area contributed by atoms with Gasteiger partial charge in [-0.05, 0) is 85.3 Å². The highest BCUT2D eigenvalue weighted by Crippen LogP contribution is 2.41. The van der Waals surface area contributed by atoms with Crippen molar-refractivity contribution in [1.82, 2.24) is 4.90 Å². The second-order valence-electron chi connectivity index (χ2n) is 12.7. The molecule has 2 bridgehead atoms. The van der Waals surface area contributed by atoms with Crippen LogP contribution >= 0.6 is 23.2 Å². The third-order valence-corrected chi connectivity index (χ3v) is 10.2. The number of anilines is 1. The molecule has 0 aliphatic carbocycles. The van der Waals surface area contributed by atoms with Gasteiger partial charge in [0.15, 0.2) is 11.5 Å². The van der Waals surface area contributed by atoms with E-state index in [2.05, 4.69) is 9.64 Å². The Hall–Kier alpha value is -4.72. The first-order valence-corrected chi connectivity index (χ1v) is 17.2. The van der Waals surface area contributed by atoms with Crippen molar-refractivity contribution in [1.29, 1.82) is 0 Å². The summed E-state index contributed by atoms with van der Waals surface area (Å²) < 4.78 is 57.9. The van der Waals surface area contributed by atoms with Crippen molar-refractivity contribution in [2.45, 2.75) is 44.4 Å². The fourth-order valence-corrected chi connectivity index (χ4v) is 7.68. The lowest BCUT2D eigenvalue weighted by molar-refractivity contribution is -0.904. The van der Waals surface area contributed by atoms with E-state index >= 15 is 0 Å². The summed E-state index contributed by atoms with van der Waals surface area (Å²) >= 11 is 13.1. The van der Waals surface area contributed by atoms with Gasteiger partial charge in [-0.25, -0.2) is 9.18 Å². The SMILES string of the molecule is COc1cc([C@H](Cc2c(Cl)c[n+](O)cc2Cl)c2c(CN(C(=O)O[C@H]3CN4CCC3CC4)c3cccc(F)c3)cccc2C(=O)[O-])ccc1OC(F)F. The van der Waals surface area contributed by atoms with Crippen LogP contribution in [0.4, 0.5) is 23.7 Å². The number of hydrogen-bond acceptors (Lipinski definition) is 8.